The summed E-state index contributed by atoms with van der Waals surface area (Å²) in [5.41, 5.74) is 0.824. The summed E-state index contributed by atoms with van der Waals surface area (Å²) in [6, 6.07) is 9.67. The van der Waals surface area contributed by atoms with Crippen molar-refractivity contribution in [2.45, 2.75) is 0 Å². The SMILES string of the molecule is C=CCN1C(=O)/C(=C/c2ccc(-c3ccc(C(=O)[O-])cc3)o2)SC1=S. The van der Waals surface area contributed by atoms with Gasteiger partial charge in [-0.2, -0.15) is 0 Å². The van der Waals surface area contributed by atoms with Gasteiger partial charge < -0.3 is 14.3 Å². The van der Waals surface area contributed by atoms with Crippen LogP contribution in [0.4, 0.5) is 0 Å². The Balaban J connectivity index is 1.82. The van der Waals surface area contributed by atoms with Crippen molar-refractivity contribution in [1.29, 1.82) is 0 Å². The molecule has 2 aromatic rings. The maximum absolute atomic E-state index is 12.3. The lowest BCUT2D eigenvalue weighted by atomic mass is 10.1. The fraction of sp³-hybridized carbons (Fsp3) is 0.0556. The molecule has 0 unspecified atom stereocenters. The molecule has 1 amide bonds. The fourth-order valence-electron chi connectivity index (χ4n) is 2.27. The van der Waals surface area contributed by atoms with E-state index in [-0.39, 0.29) is 11.5 Å². The number of aromatic carboxylic acids is 1. The summed E-state index contributed by atoms with van der Waals surface area (Å²) < 4.78 is 6.21. The van der Waals surface area contributed by atoms with Crippen molar-refractivity contribution in [2.75, 3.05) is 6.54 Å². The summed E-state index contributed by atoms with van der Waals surface area (Å²) in [7, 11) is 0. The molecule has 2 heterocycles. The lowest BCUT2D eigenvalue weighted by molar-refractivity contribution is -0.255. The van der Waals surface area contributed by atoms with Crippen molar-refractivity contribution in [1.82, 2.24) is 4.90 Å². The number of hydrogen-bond donors (Lipinski definition) is 0. The van der Waals surface area contributed by atoms with Gasteiger partial charge in [-0.15, -0.1) is 6.58 Å². The van der Waals surface area contributed by atoms with Crippen LogP contribution in [0.5, 0.6) is 0 Å². The number of nitrogens with zero attached hydrogens (tertiary/aromatic N) is 1. The predicted molar refractivity (Wildman–Crippen MR) is 98.6 cm³/mol. The maximum atomic E-state index is 12.3. The molecule has 25 heavy (non-hydrogen) atoms. The van der Waals surface area contributed by atoms with E-state index in [1.54, 1.807) is 36.4 Å². The van der Waals surface area contributed by atoms with Crippen molar-refractivity contribution in [3.8, 4) is 11.3 Å². The lowest BCUT2D eigenvalue weighted by Crippen LogP contribution is -2.27. The van der Waals surface area contributed by atoms with Gasteiger partial charge >= 0.3 is 0 Å². The second-order valence-electron chi connectivity index (χ2n) is 5.15. The van der Waals surface area contributed by atoms with Crippen LogP contribution in [0.3, 0.4) is 0 Å². The van der Waals surface area contributed by atoms with E-state index in [1.165, 1.54) is 28.8 Å². The molecule has 0 radical (unpaired) electrons. The third-order valence-corrected chi connectivity index (χ3v) is 4.87. The summed E-state index contributed by atoms with van der Waals surface area (Å²) >= 11 is 6.40. The third kappa shape index (κ3) is 3.57. The zero-order valence-electron chi connectivity index (χ0n) is 12.9. The molecule has 5 nitrogen and oxygen atoms in total. The zero-order valence-corrected chi connectivity index (χ0v) is 14.6. The first-order valence-corrected chi connectivity index (χ1v) is 8.50. The Labute approximate surface area is 153 Å². The molecule has 1 aromatic heterocycles. The molecule has 0 atom stereocenters. The molecular weight excluding hydrogens is 358 g/mol. The average molecular weight is 370 g/mol. The van der Waals surface area contributed by atoms with Crippen LogP contribution in [0, 0.1) is 0 Å². The van der Waals surface area contributed by atoms with E-state index in [0.717, 1.165) is 5.56 Å². The molecule has 7 heteroatoms. The Hall–Kier alpha value is -2.64. The van der Waals surface area contributed by atoms with Gasteiger partial charge in [-0.1, -0.05) is 54.3 Å². The molecule has 1 saturated heterocycles. The molecule has 1 aliphatic rings. The molecule has 3 rings (SSSR count). The molecular formula is C18H12NO4S2-. The number of hydrogen-bond acceptors (Lipinski definition) is 6. The number of benzene rings is 1. The average Bonchev–Trinajstić information content (AvgIpc) is 3.16. The fourth-order valence-corrected chi connectivity index (χ4v) is 3.53. The summed E-state index contributed by atoms with van der Waals surface area (Å²) in [5.74, 6) is -0.324. The molecule has 126 valence electrons. The highest BCUT2D eigenvalue weighted by atomic mass is 32.2. The van der Waals surface area contributed by atoms with E-state index in [4.69, 9.17) is 16.6 Å². The van der Waals surface area contributed by atoms with Crippen molar-refractivity contribution < 1.29 is 19.1 Å². The molecule has 0 spiro atoms. The lowest BCUT2D eigenvalue weighted by Gasteiger charge is -2.10. The van der Waals surface area contributed by atoms with Crippen molar-refractivity contribution in [3.05, 3.63) is 65.3 Å². The molecule has 1 aliphatic heterocycles. The van der Waals surface area contributed by atoms with Crippen LogP contribution >= 0.6 is 24.0 Å². The number of thiocarbonyl (C=S) groups is 1. The van der Waals surface area contributed by atoms with E-state index in [1.807, 2.05) is 0 Å². The van der Waals surface area contributed by atoms with Gasteiger partial charge in [-0.25, -0.2) is 0 Å². The number of carboxylic acid groups (broad SMARTS) is 1. The van der Waals surface area contributed by atoms with E-state index >= 15 is 0 Å². The largest absolute Gasteiger partial charge is 0.545 e. The highest BCUT2D eigenvalue weighted by Crippen LogP contribution is 2.33. The van der Waals surface area contributed by atoms with Gasteiger partial charge in [0, 0.05) is 18.2 Å². The normalized spacial score (nSPS) is 15.8. The van der Waals surface area contributed by atoms with Gasteiger partial charge in [0.15, 0.2) is 0 Å². The zero-order chi connectivity index (χ0) is 18.0. The number of furan rings is 1. The van der Waals surface area contributed by atoms with E-state index in [0.29, 0.717) is 27.3 Å². The van der Waals surface area contributed by atoms with E-state index < -0.39 is 5.97 Å². The monoisotopic (exact) mass is 370 g/mol. The van der Waals surface area contributed by atoms with Gasteiger partial charge in [0.2, 0.25) is 0 Å². The standard InChI is InChI=1S/C18H13NO4S2/c1-2-9-19-16(20)15(25-18(19)24)10-13-7-8-14(23-13)11-3-5-12(6-4-11)17(21)22/h2-8,10H,1,9H2,(H,21,22)/p-1/b15-10-. The molecule has 1 fully saturated rings. The van der Waals surface area contributed by atoms with Crippen LogP contribution < -0.4 is 5.11 Å². The van der Waals surface area contributed by atoms with Crippen LogP contribution in [0.25, 0.3) is 17.4 Å². The quantitative estimate of drug-likeness (QED) is 0.458. The Morgan fingerprint density at radius 2 is 2.00 bits per heavy atom. The van der Waals surface area contributed by atoms with Crippen LogP contribution in [0.2, 0.25) is 0 Å². The number of carbonyl (C=O) groups is 2. The summed E-state index contributed by atoms with van der Waals surface area (Å²) in [6.45, 7) is 3.99. The Morgan fingerprint density at radius 1 is 1.28 bits per heavy atom. The number of carboxylic acids is 1. The smallest absolute Gasteiger partial charge is 0.266 e. The predicted octanol–water partition coefficient (Wildman–Crippen LogP) is 2.70. The van der Waals surface area contributed by atoms with Crippen molar-refractivity contribution in [2.24, 2.45) is 0 Å². The van der Waals surface area contributed by atoms with Crippen LogP contribution in [0.1, 0.15) is 16.1 Å². The van der Waals surface area contributed by atoms with Crippen LogP contribution in [0.15, 0.2) is 58.4 Å². The first-order valence-electron chi connectivity index (χ1n) is 7.27. The highest BCUT2D eigenvalue weighted by Gasteiger charge is 2.31. The second-order valence-corrected chi connectivity index (χ2v) is 6.82. The van der Waals surface area contributed by atoms with Crippen LogP contribution in [-0.4, -0.2) is 27.6 Å². The minimum atomic E-state index is -1.23. The van der Waals surface area contributed by atoms with Gasteiger partial charge in [-0.05, 0) is 17.7 Å². The molecule has 0 bridgehead atoms. The Bertz CT molecular complexity index is 896. The molecule has 1 aromatic carbocycles. The maximum Gasteiger partial charge on any atom is 0.266 e. The van der Waals surface area contributed by atoms with Crippen molar-refractivity contribution in [3.63, 3.8) is 0 Å². The topological polar surface area (TPSA) is 73.6 Å². The molecule has 0 aliphatic carbocycles. The van der Waals surface area contributed by atoms with Crippen molar-refractivity contribution >= 4 is 46.3 Å². The minimum absolute atomic E-state index is 0.0985. The summed E-state index contributed by atoms with van der Waals surface area (Å²) in [4.78, 5) is 25.0. The van der Waals surface area contributed by atoms with Gasteiger partial charge in [-0.3, -0.25) is 9.69 Å². The van der Waals surface area contributed by atoms with Crippen LogP contribution in [-0.2, 0) is 4.79 Å². The molecule has 0 saturated carbocycles. The number of rotatable bonds is 5. The first kappa shape index (κ1) is 17.2. The minimum Gasteiger partial charge on any atom is -0.545 e. The summed E-state index contributed by atoms with van der Waals surface area (Å²) in [6.07, 6.45) is 3.26. The van der Waals surface area contributed by atoms with Gasteiger partial charge in [0.1, 0.15) is 15.8 Å². The number of thioether (sulfide) groups is 1. The second kappa shape index (κ2) is 7.08. The van der Waals surface area contributed by atoms with Gasteiger partial charge in [0.05, 0.1) is 10.9 Å². The Morgan fingerprint density at radius 3 is 2.64 bits per heavy atom. The van der Waals surface area contributed by atoms with E-state index in [2.05, 4.69) is 6.58 Å². The summed E-state index contributed by atoms with van der Waals surface area (Å²) in [5, 5.41) is 10.8. The van der Waals surface area contributed by atoms with E-state index in [9.17, 15) is 14.7 Å². The first-order chi connectivity index (χ1) is 12.0. The van der Waals surface area contributed by atoms with Gasteiger partial charge in [0.25, 0.3) is 5.91 Å². The number of carbonyl (C=O) groups excluding carboxylic acids is 2. The third-order valence-electron chi connectivity index (χ3n) is 3.49. The number of amides is 1. The molecule has 0 N–H and O–H groups in total. The highest BCUT2D eigenvalue weighted by molar-refractivity contribution is 8.26. The Kier molecular flexibility index (Phi) is 4.87.